The van der Waals surface area contributed by atoms with Crippen molar-refractivity contribution < 1.29 is 0 Å². The van der Waals surface area contributed by atoms with E-state index < -0.39 is 0 Å². The number of hydrogen-bond donors (Lipinski definition) is 1. The van der Waals surface area contributed by atoms with E-state index in [1.165, 1.54) is 0 Å². The molecular weight excluding hydrogens is 138 g/mol. The standard InChI is InChI=1S/C8H9N3/c1-3-4-7-5-8(9-2)11-6-10-7/h3-4,6H,2H2,1H3,(H,10,11)/b4-3-. The molecule has 11 heavy (non-hydrogen) atoms. The van der Waals surface area contributed by atoms with Crippen molar-refractivity contribution >= 4 is 13.1 Å². The molecule has 0 aromatic heterocycles. The van der Waals surface area contributed by atoms with Crippen molar-refractivity contribution in [2.75, 3.05) is 0 Å². The minimum absolute atomic E-state index is 0.605. The molecule has 0 spiro atoms. The molecule has 0 amide bonds. The van der Waals surface area contributed by atoms with Gasteiger partial charge in [-0.2, -0.15) is 0 Å². The highest BCUT2D eigenvalue weighted by atomic mass is 15.1. The summed E-state index contributed by atoms with van der Waals surface area (Å²) in [5, 5.41) is 2.79. The fourth-order valence-corrected chi connectivity index (χ4v) is 0.680. The Kier molecular flexibility index (Phi) is 2.42. The summed E-state index contributed by atoms with van der Waals surface area (Å²) < 4.78 is 0. The van der Waals surface area contributed by atoms with Crippen molar-refractivity contribution in [3.05, 3.63) is 29.4 Å². The van der Waals surface area contributed by atoms with E-state index in [-0.39, 0.29) is 0 Å². The van der Waals surface area contributed by atoms with Gasteiger partial charge in [0.1, 0.15) is 5.70 Å². The van der Waals surface area contributed by atoms with Crippen molar-refractivity contribution in [2.24, 2.45) is 9.98 Å². The molecule has 0 saturated carbocycles. The highest BCUT2D eigenvalue weighted by molar-refractivity contribution is 5.62. The maximum absolute atomic E-state index is 3.99. The number of rotatable bonds is 2. The van der Waals surface area contributed by atoms with E-state index in [9.17, 15) is 0 Å². The minimum atomic E-state index is 0.605. The Bertz CT molecular complexity index is 278. The van der Waals surface area contributed by atoms with Crippen LogP contribution >= 0.6 is 0 Å². The van der Waals surface area contributed by atoms with Crippen molar-refractivity contribution in [1.29, 1.82) is 0 Å². The number of nitrogens with one attached hydrogen (secondary N) is 1. The molecule has 1 rings (SSSR count). The van der Waals surface area contributed by atoms with E-state index in [1.54, 1.807) is 6.34 Å². The molecule has 0 aromatic carbocycles. The van der Waals surface area contributed by atoms with Crippen LogP contribution in [0.3, 0.4) is 0 Å². The van der Waals surface area contributed by atoms with Crippen molar-refractivity contribution in [1.82, 2.24) is 5.32 Å². The topological polar surface area (TPSA) is 36.8 Å². The van der Waals surface area contributed by atoms with Gasteiger partial charge in [0.2, 0.25) is 0 Å². The van der Waals surface area contributed by atoms with Crippen LogP contribution in [0.4, 0.5) is 0 Å². The van der Waals surface area contributed by atoms with Crippen LogP contribution in [0, 0.1) is 0 Å². The van der Waals surface area contributed by atoms with Gasteiger partial charge < -0.3 is 5.32 Å². The number of allylic oxidation sites excluding steroid dienone is 2. The van der Waals surface area contributed by atoms with Gasteiger partial charge in [-0.25, -0.2) is 9.98 Å². The van der Waals surface area contributed by atoms with Crippen LogP contribution in [0.5, 0.6) is 0 Å². The highest BCUT2D eigenvalue weighted by Gasteiger charge is 1.93. The molecule has 0 aromatic rings. The van der Waals surface area contributed by atoms with Gasteiger partial charge in [0.15, 0.2) is 5.82 Å². The normalized spacial score (nSPS) is 15.7. The molecule has 0 unspecified atom stereocenters. The molecule has 0 saturated heterocycles. The van der Waals surface area contributed by atoms with E-state index in [0.29, 0.717) is 5.82 Å². The van der Waals surface area contributed by atoms with Gasteiger partial charge in [-0.1, -0.05) is 6.08 Å². The van der Waals surface area contributed by atoms with Gasteiger partial charge in [-0.05, 0) is 25.4 Å². The van der Waals surface area contributed by atoms with E-state index in [1.807, 2.05) is 19.1 Å². The first-order valence-electron chi connectivity index (χ1n) is 3.26. The lowest BCUT2D eigenvalue weighted by atomic mass is 10.4. The van der Waals surface area contributed by atoms with E-state index in [4.69, 9.17) is 0 Å². The van der Waals surface area contributed by atoms with Crippen LogP contribution in [0.2, 0.25) is 0 Å². The highest BCUT2D eigenvalue weighted by Crippen LogP contribution is 2.01. The maximum atomic E-state index is 3.99. The van der Waals surface area contributed by atoms with E-state index in [2.05, 4.69) is 27.8 Å². The molecular formula is C8H9N3. The summed E-state index contributed by atoms with van der Waals surface area (Å²) in [5.74, 6) is 0.605. The van der Waals surface area contributed by atoms with Crippen LogP contribution < -0.4 is 5.32 Å². The van der Waals surface area contributed by atoms with Gasteiger partial charge in [0.05, 0.1) is 6.34 Å². The fourth-order valence-electron chi connectivity index (χ4n) is 0.680. The van der Waals surface area contributed by atoms with Gasteiger partial charge in [0, 0.05) is 0 Å². The molecule has 3 heteroatoms. The quantitative estimate of drug-likeness (QED) is 0.462. The summed E-state index contributed by atoms with van der Waals surface area (Å²) in [6.07, 6.45) is 5.31. The SMILES string of the molecule is C=NC1=C=C(/C=C\C)N=CN1. The first-order valence-corrected chi connectivity index (χ1v) is 3.26. The first kappa shape index (κ1) is 7.51. The predicted octanol–water partition coefficient (Wildman–Crippen LogP) is 1.22. The molecule has 56 valence electrons. The summed E-state index contributed by atoms with van der Waals surface area (Å²) in [6, 6.07) is 0. The third kappa shape index (κ3) is 1.92. The molecule has 0 radical (unpaired) electrons. The molecule has 3 nitrogen and oxygen atoms in total. The van der Waals surface area contributed by atoms with Gasteiger partial charge in [0.25, 0.3) is 0 Å². The largest absolute Gasteiger partial charge is 0.324 e. The molecule has 0 aliphatic carbocycles. The minimum Gasteiger partial charge on any atom is -0.324 e. The number of hydrogen-bond acceptors (Lipinski definition) is 3. The van der Waals surface area contributed by atoms with Gasteiger partial charge in [-0.15, -0.1) is 0 Å². The predicted molar refractivity (Wildman–Crippen MR) is 46.5 cm³/mol. The van der Waals surface area contributed by atoms with Crippen LogP contribution in [-0.2, 0) is 0 Å². The average molecular weight is 147 g/mol. The summed E-state index contributed by atoms with van der Waals surface area (Å²) in [7, 11) is 0. The second-order valence-corrected chi connectivity index (χ2v) is 1.92. The summed E-state index contributed by atoms with van der Waals surface area (Å²) >= 11 is 0. The summed E-state index contributed by atoms with van der Waals surface area (Å²) in [5.41, 5.74) is 3.67. The first-order chi connectivity index (χ1) is 5.36. The lowest BCUT2D eigenvalue weighted by molar-refractivity contribution is 1.08. The monoisotopic (exact) mass is 147 g/mol. The molecule has 1 N–H and O–H groups in total. The Morgan fingerprint density at radius 1 is 1.82 bits per heavy atom. The lowest BCUT2D eigenvalue weighted by Crippen LogP contribution is -2.10. The maximum Gasteiger partial charge on any atom is 0.177 e. The Morgan fingerprint density at radius 3 is 3.27 bits per heavy atom. The number of aliphatic imine (C=N–C) groups is 2. The molecule has 1 aliphatic rings. The zero-order chi connectivity index (χ0) is 8.10. The molecule has 1 aliphatic heterocycles. The summed E-state index contributed by atoms with van der Waals surface area (Å²) in [6.45, 7) is 5.29. The van der Waals surface area contributed by atoms with Gasteiger partial charge >= 0.3 is 0 Å². The molecule has 0 fully saturated rings. The van der Waals surface area contributed by atoms with Crippen molar-refractivity contribution in [2.45, 2.75) is 6.92 Å². The Labute approximate surface area is 65.6 Å². The average Bonchev–Trinajstić information content (AvgIpc) is 2.06. The second-order valence-electron chi connectivity index (χ2n) is 1.92. The smallest absolute Gasteiger partial charge is 0.177 e. The molecule has 1 heterocycles. The Hall–Kier alpha value is -1.60. The zero-order valence-corrected chi connectivity index (χ0v) is 6.33. The molecule has 0 bridgehead atoms. The van der Waals surface area contributed by atoms with Crippen LogP contribution in [0.1, 0.15) is 6.92 Å². The fraction of sp³-hybridized carbons (Fsp3) is 0.125. The van der Waals surface area contributed by atoms with E-state index in [0.717, 1.165) is 5.70 Å². The van der Waals surface area contributed by atoms with E-state index >= 15 is 0 Å². The second kappa shape index (κ2) is 3.54. The Morgan fingerprint density at radius 2 is 2.64 bits per heavy atom. The van der Waals surface area contributed by atoms with Crippen LogP contribution in [0.25, 0.3) is 0 Å². The number of nitrogens with zero attached hydrogens (tertiary/aromatic N) is 2. The van der Waals surface area contributed by atoms with Crippen LogP contribution in [0.15, 0.2) is 39.4 Å². The molecule has 0 atom stereocenters. The summed E-state index contributed by atoms with van der Waals surface area (Å²) in [4.78, 5) is 7.67. The lowest BCUT2D eigenvalue weighted by Gasteiger charge is -2.00. The van der Waals surface area contributed by atoms with Crippen LogP contribution in [-0.4, -0.2) is 13.1 Å². The third-order valence-corrected chi connectivity index (χ3v) is 1.13. The van der Waals surface area contributed by atoms with Gasteiger partial charge in [-0.3, -0.25) is 0 Å². The Balaban J connectivity index is 3.00. The zero-order valence-electron chi connectivity index (χ0n) is 6.33. The van der Waals surface area contributed by atoms with Crippen molar-refractivity contribution in [3.8, 4) is 0 Å². The van der Waals surface area contributed by atoms with Crippen molar-refractivity contribution in [3.63, 3.8) is 0 Å². The third-order valence-electron chi connectivity index (χ3n) is 1.13.